The van der Waals surface area contributed by atoms with Crippen molar-refractivity contribution in [3.05, 3.63) is 16.1 Å². The Balaban J connectivity index is 2.13. The van der Waals surface area contributed by atoms with E-state index in [2.05, 4.69) is 4.98 Å². The predicted octanol–water partition coefficient (Wildman–Crippen LogP) is 1.63. The Morgan fingerprint density at radius 2 is 2.16 bits per heavy atom. The van der Waals surface area contributed by atoms with Gasteiger partial charge < -0.3 is 9.80 Å². The Bertz CT molecular complexity index is 491. The average Bonchev–Trinajstić information content (AvgIpc) is 2.90. The fourth-order valence-electron chi connectivity index (χ4n) is 2.07. The van der Waals surface area contributed by atoms with E-state index in [0.717, 1.165) is 10.7 Å². The Kier molecular flexibility index (Phi) is 4.42. The zero-order valence-corrected chi connectivity index (χ0v) is 12.5. The largest absolute Gasteiger partial charge is 0.333 e. The Hall–Kier alpha value is -1.14. The van der Waals surface area contributed by atoms with Crippen LogP contribution >= 0.6 is 22.9 Å². The highest BCUT2D eigenvalue weighted by atomic mass is 35.5. The number of carbonyl (C=O) groups excluding carboxylic acids is 2. The fourth-order valence-corrected chi connectivity index (χ4v) is 3.19. The number of halogens is 1. The van der Waals surface area contributed by atoms with Crippen LogP contribution in [0.1, 0.15) is 30.6 Å². The van der Waals surface area contributed by atoms with Gasteiger partial charge in [0.05, 0.1) is 17.6 Å². The maximum absolute atomic E-state index is 12.1. The summed E-state index contributed by atoms with van der Waals surface area (Å²) in [6.45, 7) is 5.47. The monoisotopic (exact) mass is 301 g/mol. The van der Waals surface area contributed by atoms with E-state index >= 15 is 0 Å². The number of rotatable bonds is 4. The summed E-state index contributed by atoms with van der Waals surface area (Å²) in [4.78, 5) is 31.5. The summed E-state index contributed by atoms with van der Waals surface area (Å²) in [7, 11) is 0. The van der Waals surface area contributed by atoms with Crippen molar-refractivity contribution in [1.82, 2.24) is 14.8 Å². The zero-order valence-electron chi connectivity index (χ0n) is 10.9. The molecule has 1 aromatic heterocycles. The lowest BCUT2D eigenvalue weighted by Gasteiger charge is -2.35. The molecule has 2 rings (SSSR count). The molecule has 0 N–H and O–H groups in total. The van der Waals surface area contributed by atoms with Crippen molar-refractivity contribution in [2.24, 2.45) is 0 Å². The van der Waals surface area contributed by atoms with Gasteiger partial charge >= 0.3 is 11.8 Å². The molecular formula is C12H16ClN3O2S. The van der Waals surface area contributed by atoms with Gasteiger partial charge in [-0.15, -0.1) is 22.9 Å². The van der Waals surface area contributed by atoms with Gasteiger partial charge in [0.15, 0.2) is 0 Å². The second kappa shape index (κ2) is 5.88. The molecule has 1 unspecified atom stereocenters. The van der Waals surface area contributed by atoms with Crippen LogP contribution in [0.3, 0.4) is 0 Å². The molecule has 0 aliphatic carbocycles. The van der Waals surface area contributed by atoms with Gasteiger partial charge in [-0.25, -0.2) is 4.98 Å². The average molecular weight is 302 g/mol. The lowest BCUT2D eigenvalue weighted by molar-refractivity contribution is -0.157. The van der Waals surface area contributed by atoms with Crippen molar-refractivity contribution in [2.75, 3.05) is 19.6 Å². The van der Waals surface area contributed by atoms with Gasteiger partial charge in [0.25, 0.3) is 0 Å². The van der Waals surface area contributed by atoms with Gasteiger partial charge in [-0.2, -0.15) is 0 Å². The molecule has 1 fully saturated rings. The van der Waals surface area contributed by atoms with Crippen LogP contribution in [-0.2, 0) is 15.5 Å². The number of hydrogen-bond acceptors (Lipinski definition) is 4. The number of piperazine rings is 1. The molecule has 0 aromatic carbocycles. The molecule has 0 radical (unpaired) electrons. The first-order valence-corrected chi connectivity index (χ1v) is 7.60. The van der Waals surface area contributed by atoms with Gasteiger partial charge in [-0.1, -0.05) is 0 Å². The molecule has 1 saturated heterocycles. The maximum atomic E-state index is 12.1. The zero-order chi connectivity index (χ0) is 14.0. The summed E-state index contributed by atoms with van der Waals surface area (Å²) in [6, 6.07) is -0.183. The number of thiazole rings is 1. The van der Waals surface area contributed by atoms with Crippen LogP contribution in [0.15, 0.2) is 5.38 Å². The van der Waals surface area contributed by atoms with E-state index in [1.165, 1.54) is 11.3 Å². The number of likely N-dealkylation sites (N-methyl/N-ethyl adjacent to an activating group) is 1. The highest BCUT2D eigenvalue weighted by Crippen LogP contribution is 2.26. The Morgan fingerprint density at radius 3 is 2.74 bits per heavy atom. The summed E-state index contributed by atoms with van der Waals surface area (Å²) < 4.78 is 0. The molecule has 2 amide bonds. The van der Waals surface area contributed by atoms with Crippen LogP contribution in [0, 0.1) is 0 Å². The minimum absolute atomic E-state index is 0.183. The van der Waals surface area contributed by atoms with Crippen molar-refractivity contribution < 1.29 is 9.59 Å². The van der Waals surface area contributed by atoms with Crippen LogP contribution in [0.5, 0.6) is 0 Å². The lowest BCUT2D eigenvalue weighted by atomic mass is 10.2. The minimum atomic E-state index is -0.441. The summed E-state index contributed by atoms with van der Waals surface area (Å²) in [5.41, 5.74) is 0.805. The third-order valence-corrected chi connectivity index (χ3v) is 4.59. The van der Waals surface area contributed by atoms with Gasteiger partial charge in [-0.05, 0) is 13.8 Å². The molecule has 0 saturated carbocycles. The van der Waals surface area contributed by atoms with Gasteiger partial charge in [-0.3, -0.25) is 9.59 Å². The third kappa shape index (κ3) is 2.74. The number of nitrogens with zero attached hydrogens (tertiary/aromatic N) is 3. The summed E-state index contributed by atoms with van der Waals surface area (Å²) >= 11 is 7.19. The Morgan fingerprint density at radius 1 is 1.42 bits per heavy atom. The standard InChI is InChI=1S/C12H16ClN3O2S/c1-3-15-4-5-16(12(18)11(15)17)8(2)10-14-9(6-13)7-19-10/h7-8H,3-6H2,1-2H3. The van der Waals surface area contributed by atoms with Crippen LogP contribution in [0.25, 0.3) is 0 Å². The number of hydrogen-bond donors (Lipinski definition) is 0. The van der Waals surface area contributed by atoms with E-state index in [4.69, 9.17) is 11.6 Å². The molecule has 1 aromatic rings. The predicted molar refractivity (Wildman–Crippen MR) is 74.1 cm³/mol. The molecule has 104 valence electrons. The molecule has 1 aliphatic heterocycles. The normalized spacial score (nSPS) is 18.1. The smallest absolute Gasteiger partial charge is 0.312 e. The van der Waals surface area contributed by atoms with Crippen molar-refractivity contribution in [3.8, 4) is 0 Å². The van der Waals surface area contributed by atoms with Crippen LogP contribution < -0.4 is 0 Å². The molecule has 5 nitrogen and oxygen atoms in total. The quantitative estimate of drug-likeness (QED) is 0.627. The number of amides is 2. The lowest BCUT2D eigenvalue weighted by Crippen LogP contribution is -2.54. The van der Waals surface area contributed by atoms with E-state index in [0.29, 0.717) is 25.5 Å². The van der Waals surface area contributed by atoms with Crippen molar-refractivity contribution in [2.45, 2.75) is 25.8 Å². The van der Waals surface area contributed by atoms with Crippen molar-refractivity contribution in [1.29, 1.82) is 0 Å². The third-order valence-electron chi connectivity index (χ3n) is 3.25. The van der Waals surface area contributed by atoms with Crippen LogP contribution in [0.4, 0.5) is 0 Å². The van der Waals surface area contributed by atoms with E-state index in [-0.39, 0.29) is 6.04 Å². The second-order valence-electron chi connectivity index (χ2n) is 4.37. The number of aromatic nitrogens is 1. The molecule has 19 heavy (non-hydrogen) atoms. The molecule has 1 aliphatic rings. The second-order valence-corrected chi connectivity index (χ2v) is 5.53. The van der Waals surface area contributed by atoms with Crippen molar-refractivity contribution in [3.63, 3.8) is 0 Å². The first-order chi connectivity index (χ1) is 9.08. The van der Waals surface area contributed by atoms with E-state index in [1.807, 2.05) is 19.2 Å². The molecule has 0 bridgehead atoms. The van der Waals surface area contributed by atoms with E-state index in [1.54, 1.807) is 9.80 Å². The first-order valence-electron chi connectivity index (χ1n) is 6.18. The molecule has 2 heterocycles. The molecular weight excluding hydrogens is 286 g/mol. The molecule has 1 atom stereocenters. The van der Waals surface area contributed by atoms with Crippen molar-refractivity contribution >= 4 is 34.8 Å². The topological polar surface area (TPSA) is 53.5 Å². The van der Waals surface area contributed by atoms with Gasteiger partial charge in [0, 0.05) is 25.0 Å². The van der Waals surface area contributed by atoms with Gasteiger partial charge in [0.2, 0.25) is 0 Å². The minimum Gasteiger partial charge on any atom is -0.333 e. The highest BCUT2D eigenvalue weighted by Gasteiger charge is 2.35. The number of carbonyl (C=O) groups is 2. The van der Waals surface area contributed by atoms with Crippen LogP contribution in [0.2, 0.25) is 0 Å². The molecule has 0 spiro atoms. The summed E-state index contributed by atoms with van der Waals surface area (Å²) in [6.07, 6.45) is 0. The summed E-state index contributed by atoms with van der Waals surface area (Å²) in [5, 5.41) is 2.70. The summed E-state index contributed by atoms with van der Waals surface area (Å²) in [5.74, 6) is -0.502. The highest BCUT2D eigenvalue weighted by molar-refractivity contribution is 7.09. The molecule has 7 heteroatoms. The first kappa shape index (κ1) is 14.3. The maximum Gasteiger partial charge on any atom is 0.312 e. The van der Waals surface area contributed by atoms with Crippen LogP contribution in [-0.4, -0.2) is 46.2 Å². The number of alkyl halides is 1. The fraction of sp³-hybridized carbons (Fsp3) is 0.583. The van der Waals surface area contributed by atoms with E-state index in [9.17, 15) is 9.59 Å². The van der Waals surface area contributed by atoms with E-state index < -0.39 is 11.8 Å². The van der Waals surface area contributed by atoms with Gasteiger partial charge in [0.1, 0.15) is 5.01 Å². The SMILES string of the molecule is CCN1CCN(C(C)c2nc(CCl)cs2)C(=O)C1=O. The Labute approximate surface area is 121 Å².